The van der Waals surface area contributed by atoms with Crippen molar-refractivity contribution in [3.63, 3.8) is 0 Å². The first-order chi connectivity index (χ1) is 16.4. The zero-order valence-corrected chi connectivity index (χ0v) is 19.8. The van der Waals surface area contributed by atoms with E-state index in [1.54, 1.807) is 12.3 Å². The van der Waals surface area contributed by atoms with Crippen molar-refractivity contribution in [3.8, 4) is 0 Å². The lowest BCUT2D eigenvalue weighted by Gasteiger charge is -2.35. The number of furan rings is 1. The molecule has 180 valence electrons. The number of nitrogens with one attached hydrogen (secondary N) is 2. The standard InChI is InChI=1S/C23H27FN6O3S/c1-15-10-16(2)12-29(11-15)22-27-28-23(30(22)13-17-6-5-9-33-17)34-14-20(31)25-26-21(32)18-7-3-4-8-19(18)24/h3-9,15-16H,10-14H2,1-2H3,(H,25,31)(H,26,32)/t15-,16+. The van der Waals surface area contributed by atoms with Gasteiger partial charge in [-0.2, -0.15) is 0 Å². The highest BCUT2D eigenvalue weighted by molar-refractivity contribution is 7.99. The number of thioether (sulfide) groups is 1. The SMILES string of the molecule is C[C@@H]1C[C@H](C)CN(c2nnc(SCC(=O)NNC(=O)c3ccccc3F)n2Cc2ccco2)C1. The van der Waals surface area contributed by atoms with Gasteiger partial charge in [-0.3, -0.25) is 25.0 Å². The van der Waals surface area contributed by atoms with Crippen molar-refractivity contribution < 1.29 is 18.4 Å². The zero-order valence-electron chi connectivity index (χ0n) is 19.0. The van der Waals surface area contributed by atoms with E-state index >= 15 is 0 Å². The van der Waals surface area contributed by atoms with Gasteiger partial charge in [0.15, 0.2) is 5.16 Å². The molecule has 0 unspecified atom stereocenters. The Morgan fingerprint density at radius 3 is 2.59 bits per heavy atom. The van der Waals surface area contributed by atoms with Gasteiger partial charge in [-0.25, -0.2) is 4.39 Å². The van der Waals surface area contributed by atoms with Gasteiger partial charge in [0.25, 0.3) is 5.91 Å². The molecule has 1 aliphatic rings. The van der Waals surface area contributed by atoms with E-state index in [0.717, 1.165) is 24.8 Å². The number of benzene rings is 1. The zero-order chi connectivity index (χ0) is 24.1. The van der Waals surface area contributed by atoms with E-state index in [1.807, 2.05) is 16.7 Å². The predicted molar refractivity (Wildman–Crippen MR) is 126 cm³/mol. The highest BCUT2D eigenvalue weighted by Crippen LogP contribution is 2.29. The van der Waals surface area contributed by atoms with Crippen molar-refractivity contribution in [3.05, 3.63) is 59.8 Å². The highest BCUT2D eigenvalue weighted by Gasteiger charge is 2.27. The molecule has 11 heteroatoms. The third-order valence-corrected chi connectivity index (χ3v) is 6.48. The Morgan fingerprint density at radius 1 is 1.12 bits per heavy atom. The number of aromatic nitrogens is 3. The molecule has 34 heavy (non-hydrogen) atoms. The summed E-state index contributed by atoms with van der Waals surface area (Å²) in [5.41, 5.74) is 4.40. The molecule has 3 heterocycles. The fourth-order valence-corrected chi connectivity index (χ4v) is 4.88. The summed E-state index contributed by atoms with van der Waals surface area (Å²) in [4.78, 5) is 26.7. The van der Waals surface area contributed by atoms with Crippen molar-refractivity contribution in [2.24, 2.45) is 11.8 Å². The molecule has 2 amide bonds. The maximum atomic E-state index is 13.7. The van der Waals surface area contributed by atoms with Gasteiger partial charge in [-0.15, -0.1) is 10.2 Å². The van der Waals surface area contributed by atoms with Crippen LogP contribution in [0, 0.1) is 17.7 Å². The van der Waals surface area contributed by atoms with Crippen molar-refractivity contribution in [2.45, 2.75) is 32.0 Å². The topological polar surface area (TPSA) is 105 Å². The lowest BCUT2D eigenvalue weighted by atomic mass is 9.92. The molecule has 2 atom stereocenters. The molecule has 2 N–H and O–H groups in total. The smallest absolute Gasteiger partial charge is 0.272 e. The molecule has 9 nitrogen and oxygen atoms in total. The highest BCUT2D eigenvalue weighted by atomic mass is 32.2. The van der Waals surface area contributed by atoms with Gasteiger partial charge < -0.3 is 9.32 Å². The number of hydrogen-bond donors (Lipinski definition) is 2. The van der Waals surface area contributed by atoms with Gasteiger partial charge in [0.05, 0.1) is 24.1 Å². The molecule has 1 aromatic carbocycles. The summed E-state index contributed by atoms with van der Waals surface area (Å²) in [6.07, 6.45) is 2.78. The van der Waals surface area contributed by atoms with Crippen LogP contribution >= 0.6 is 11.8 Å². The fourth-order valence-electron chi connectivity index (χ4n) is 4.15. The van der Waals surface area contributed by atoms with Gasteiger partial charge in [-0.05, 0) is 42.5 Å². The van der Waals surface area contributed by atoms with Gasteiger partial charge in [-0.1, -0.05) is 37.7 Å². The number of anilines is 1. The number of rotatable bonds is 7. The number of hydrogen-bond acceptors (Lipinski definition) is 7. The Morgan fingerprint density at radius 2 is 1.88 bits per heavy atom. The molecule has 0 saturated carbocycles. The number of nitrogens with zero attached hydrogens (tertiary/aromatic N) is 4. The lowest BCUT2D eigenvalue weighted by Crippen LogP contribution is -2.42. The minimum atomic E-state index is -0.729. The third kappa shape index (κ3) is 5.77. The molecule has 1 saturated heterocycles. The van der Waals surface area contributed by atoms with Gasteiger partial charge in [0.1, 0.15) is 11.6 Å². The number of piperidine rings is 1. The van der Waals surface area contributed by atoms with E-state index in [0.29, 0.717) is 23.5 Å². The number of carbonyl (C=O) groups excluding carboxylic acids is 2. The van der Waals surface area contributed by atoms with Crippen LogP contribution in [0.1, 0.15) is 36.4 Å². The first-order valence-corrected chi connectivity index (χ1v) is 12.1. The third-order valence-electron chi connectivity index (χ3n) is 5.51. The van der Waals surface area contributed by atoms with Crippen molar-refractivity contribution in [1.29, 1.82) is 0 Å². The Balaban J connectivity index is 1.41. The van der Waals surface area contributed by atoms with Crippen LogP contribution in [0.15, 0.2) is 52.2 Å². The number of amides is 2. The molecule has 4 rings (SSSR count). The largest absolute Gasteiger partial charge is 0.467 e. The Labute approximate surface area is 201 Å². The van der Waals surface area contributed by atoms with Crippen LogP contribution in [0.4, 0.5) is 10.3 Å². The minimum Gasteiger partial charge on any atom is -0.467 e. The molecule has 0 bridgehead atoms. The molecule has 2 aromatic heterocycles. The minimum absolute atomic E-state index is 0.0132. The average molecular weight is 487 g/mol. The van der Waals surface area contributed by atoms with E-state index in [2.05, 4.69) is 39.8 Å². The van der Waals surface area contributed by atoms with Crippen LogP contribution in [-0.4, -0.2) is 45.4 Å². The van der Waals surface area contributed by atoms with E-state index in [-0.39, 0.29) is 11.3 Å². The molecule has 1 fully saturated rings. The molecular weight excluding hydrogens is 459 g/mol. The van der Waals surface area contributed by atoms with Crippen LogP contribution in [-0.2, 0) is 11.3 Å². The maximum Gasteiger partial charge on any atom is 0.272 e. The van der Waals surface area contributed by atoms with Crippen LogP contribution in [0.5, 0.6) is 0 Å². The molecule has 1 aliphatic heterocycles. The quantitative estimate of drug-likeness (QED) is 0.391. The average Bonchev–Trinajstić information content (AvgIpc) is 3.46. The predicted octanol–water partition coefficient (Wildman–Crippen LogP) is 3.09. The van der Waals surface area contributed by atoms with Crippen molar-refractivity contribution >= 4 is 29.5 Å². The summed E-state index contributed by atoms with van der Waals surface area (Å²) >= 11 is 1.20. The Kier molecular flexibility index (Phi) is 7.51. The first-order valence-electron chi connectivity index (χ1n) is 11.1. The summed E-state index contributed by atoms with van der Waals surface area (Å²) in [5, 5.41) is 9.31. The second-order valence-electron chi connectivity index (χ2n) is 8.57. The molecule has 0 spiro atoms. The summed E-state index contributed by atoms with van der Waals surface area (Å²) in [6, 6.07) is 9.25. The number of hydrazine groups is 1. The van der Waals surface area contributed by atoms with Gasteiger partial charge in [0, 0.05) is 13.1 Å². The summed E-state index contributed by atoms with van der Waals surface area (Å²) in [7, 11) is 0. The second kappa shape index (κ2) is 10.7. The van der Waals surface area contributed by atoms with Gasteiger partial charge in [0.2, 0.25) is 11.9 Å². The monoisotopic (exact) mass is 486 g/mol. The number of carbonyl (C=O) groups is 2. The summed E-state index contributed by atoms with van der Waals surface area (Å²) in [6.45, 7) is 6.65. The van der Waals surface area contributed by atoms with E-state index in [1.165, 1.54) is 36.4 Å². The maximum absolute atomic E-state index is 13.7. The van der Waals surface area contributed by atoms with Crippen molar-refractivity contribution in [1.82, 2.24) is 25.6 Å². The molecule has 3 aromatic rings. The van der Waals surface area contributed by atoms with Crippen molar-refractivity contribution in [2.75, 3.05) is 23.7 Å². The summed E-state index contributed by atoms with van der Waals surface area (Å²) < 4.78 is 21.2. The lowest BCUT2D eigenvalue weighted by molar-refractivity contribution is -0.119. The fraction of sp³-hybridized carbons (Fsp3) is 0.391. The summed E-state index contributed by atoms with van der Waals surface area (Å²) in [5.74, 6) is 0.712. The number of halogens is 1. The molecular formula is C23H27FN6O3S. The Bertz CT molecular complexity index is 1130. The van der Waals surface area contributed by atoms with E-state index < -0.39 is 17.6 Å². The van der Waals surface area contributed by atoms with Crippen LogP contribution in [0.3, 0.4) is 0 Å². The van der Waals surface area contributed by atoms with E-state index in [9.17, 15) is 14.0 Å². The van der Waals surface area contributed by atoms with E-state index in [4.69, 9.17) is 4.42 Å². The van der Waals surface area contributed by atoms with Crippen LogP contribution in [0.25, 0.3) is 0 Å². The normalized spacial score (nSPS) is 18.0. The molecule has 0 aliphatic carbocycles. The van der Waals surface area contributed by atoms with Crippen LogP contribution < -0.4 is 15.8 Å². The second-order valence-corrected chi connectivity index (χ2v) is 9.51. The van der Waals surface area contributed by atoms with Gasteiger partial charge >= 0.3 is 0 Å². The first kappa shape index (κ1) is 23.8. The molecule has 0 radical (unpaired) electrons. The van der Waals surface area contributed by atoms with Crippen LogP contribution in [0.2, 0.25) is 0 Å². The Hall–Kier alpha value is -3.34.